The minimum absolute atomic E-state index is 0.00560. The molecule has 1 N–H and O–H groups in total. The summed E-state index contributed by atoms with van der Waals surface area (Å²) in [6.07, 6.45) is 5.56. The van der Waals surface area contributed by atoms with Gasteiger partial charge in [-0.15, -0.1) is 11.3 Å². The van der Waals surface area contributed by atoms with Crippen LogP contribution in [-0.4, -0.2) is 15.5 Å². The summed E-state index contributed by atoms with van der Waals surface area (Å²) in [6.45, 7) is 4.07. The Balaban J connectivity index is 2.16. The number of aryl methyl sites for hydroxylation is 2. The van der Waals surface area contributed by atoms with Crippen molar-refractivity contribution in [3.05, 3.63) is 40.1 Å². The summed E-state index contributed by atoms with van der Waals surface area (Å²) in [5, 5.41) is 5.04. The van der Waals surface area contributed by atoms with Crippen molar-refractivity contribution in [1.29, 1.82) is 0 Å². The lowest BCUT2D eigenvalue weighted by atomic mass is 10.1. The molecule has 0 saturated heterocycles. The highest BCUT2D eigenvalue weighted by molar-refractivity contribution is 7.12. The van der Waals surface area contributed by atoms with E-state index in [4.69, 9.17) is 0 Å². The Bertz CT molecular complexity index is 559. The Morgan fingerprint density at radius 3 is 2.89 bits per heavy atom. The molecule has 2 rings (SSSR count). The molecular formula is C14H19N3OS. The Labute approximate surface area is 117 Å². The number of rotatable bonds is 5. The third kappa shape index (κ3) is 3.04. The molecule has 19 heavy (non-hydrogen) atoms. The lowest BCUT2D eigenvalue weighted by molar-refractivity contribution is 0.0935. The highest BCUT2D eigenvalue weighted by atomic mass is 32.1. The molecule has 0 aliphatic rings. The van der Waals surface area contributed by atoms with Crippen LogP contribution in [-0.2, 0) is 7.05 Å². The highest BCUT2D eigenvalue weighted by Crippen LogP contribution is 2.20. The number of amides is 1. The van der Waals surface area contributed by atoms with Crippen molar-refractivity contribution in [2.75, 3.05) is 0 Å². The molecule has 2 heterocycles. The van der Waals surface area contributed by atoms with Gasteiger partial charge in [-0.1, -0.05) is 13.3 Å². The van der Waals surface area contributed by atoms with Crippen LogP contribution in [0.3, 0.4) is 0 Å². The Morgan fingerprint density at radius 1 is 1.58 bits per heavy atom. The second-order valence-corrected chi connectivity index (χ2v) is 5.56. The fraction of sp³-hybridized carbons (Fsp3) is 0.429. The minimum atomic E-state index is -0.0287. The van der Waals surface area contributed by atoms with Crippen LogP contribution in [0.2, 0.25) is 0 Å². The van der Waals surface area contributed by atoms with Crippen molar-refractivity contribution in [1.82, 2.24) is 14.9 Å². The largest absolute Gasteiger partial charge is 0.341 e. The first-order valence-corrected chi connectivity index (χ1v) is 7.33. The van der Waals surface area contributed by atoms with Crippen molar-refractivity contribution < 1.29 is 4.79 Å². The molecule has 4 nitrogen and oxygen atoms in total. The molecule has 1 atom stereocenters. The van der Waals surface area contributed by atoms with Crippen LogP contribution in [0, 0.1) is 6.92 Å². The van der Waals surface area contributed by atoms with Crippen LogP contribution in [0.4, 0.5) is 0 Å². The molecule has 0 bridgehead atoms. The summed E-state index contributed by atoms with van der Waals surface area (Å²) in [5.41, 5.74) is 1.03. The van der Waals surface area contributed by atoms with Crippen LogP contribution in [0.25, 0.3) is 0 Å². The number of nitrogens with one attached hydrogen (secondary N) is 1. The van der Waals surface area contributed by atoms with E-state index in [-0.39, 0.29) is 11.9 Å². The number of carbonyl (C=O) groups is 1. The third-order valence-electron chi connectivity index (χ3n) is 3.12. The summed E-state index contributed by atoms with van der Waals surface area (Å²) >= 11 is 1.48. The highest BCUT2D eigenvalue weighted by Gasteiger charge is 2.19. The maximum atomic E-state index is 12.3. The predicted octanol–water partition coefficient (Wildman–Crippen LogP) is 3.06. The second kappa shape index (κ2) is 6.02. The van der Waals surface area contributed by atoms with Gasteiger partial charge in [-0.25, -0.2) is 4.98 Å². The molecule has 0 radical (unpaired) electrons. The molecule has 0 unspecified atom stereocenters. The molecule has 0 aliphatic heterocycles. The Kier molecular flexibility index (Phi) is 4.37. The van der Waals surface area contributed by atoms with E-state index in [1.165, 1.54) is 11.3 Å². The molecule has 0 aromatic carbocycles. The Morgan fingerprint density at radius 2 is 2.37 bits per heavy atom. The first-order valence-electron chi connectivity index (χ1n) is 6.45. The van der Waals surface area contributed by atoms with E-state index in [0.717, 1.165) is 29.1 Å². The minimum Gasteiger partial charge on any atom is -0.341 e. The van der Waals surface area contributed by atoms with Gasteiger partial charge in [-0.05, 0) is 30.4 Å². The SMILES string of the molecule is CCC[C@H](NC(=O)c1sccc1C)c1nccn1C. The molecule has 102 valence electrons. The molecule has 0 aliphatic carbocycles. The zero-order chi connectivity index (χ0) is 13.8. The molecule has 2 aromatic heterocycles. The van der Waals surface area contributed by atoms with Gasteiger partial charge in [-0.3, -0.25) is 4.79 Å². The topological polar surface area (TPSA) is 46.9 Å². The maximum absolute atomic E-state index is 12.3. The van der Waals surface area contributed by atoms with Gasteiger partial charge >= 0.3 is 0 Å². The number of carbonyl (C=O) groups excluding carboxylic acids is 1. The fourth-order valence-electron chi connectivity index (χ4n) is 2.10. The van der Waals surface area contributed by atoms with Gasteiger partial charge in [0.1, 0.15) is 5.82 Å². The first-order chi connectivity index (χ1) is 9.13. The quantitative estimate of drug-likeness (QED) is 0.913. The average molecular weight is 277 g/mol. The summed E-state index contributed by atoms with van der Waals surface area (Å²) in [6, 6.07) is 1.94. The van der Waals surface area contributed by atoms with Crippen LogP contribution >= 0.6 is 11.3 Å². The molecule has 1 amide bonds. The monoisotopic (exact) mass is 277 g/mol. The van der Waals surface area contributed by atoms with E-state index < -0.39 is 0 Å². The van der Waals surface area contributed by atoms with Gasteiger partial charge in [0, 0.05) is 19.4 Å². The summed E-state index contributed by atoms with van der Waals surface area (Å²) in [5.74, 6) is 0.901. The number of nitrogens with zero attached hydrogens (tertiary/aromatic N) is 2. The average Bonchev–Trinajstić information content (AvgIpc) is 2.97. The van der Waals surface area contributed by atoms with Gasteiger partial charge < -0.3 is 9.88 Å². The van der Waals surface area contributed by atoms with E-state index in [9.17, 15) is 4.79 Å². The van der Waals surface area contributed by atoms with Gasteiger partial charge in [0.05, 0.1) is 10.9 Å². The van der Waals surface area contributed by atoms with E-state index in [2.05, 4.69) is 17.2 Å². The second-order valence-electron chi connectivity index (χ2n) is 4.64. The zero-order valence-electron chi connectivity index (χ0n) is 11.5. The Hall–Kier alpha value is -1.62. The first kappa shape index (κ1) is 13.8. The number of hydrogen-bond acceptors (Lipinski definition) is 3. The molecule has 0 saturated carbocycles. The molecule has 0 fully saturated rings. The lowest BCUT2D eigenvalue weighted by Crippen LogP contribution is -2.30. The van der Waals surface area contributed by atoms with Crippen molar-refractivity contribution in [2.24, 2.45) is 7.05 Å². The maximum Gasteiger partial charge on any atom is 0.262 e. The van der Waals surface area contributed by atoms with Crippen LogP contribution in [0.15, 0.2) is 23.8 Å². The summed E-state index contributed by atoms with van der Waals surface area (Å²) < 4.78 is 1.96. The smallest absolute Gasteiger partial charge is 0.262 e. The van der Waals surface area contributed by atoms with E-state index in [0.29, 0.717) is 0 Å². The molecule has 5 heteroatoms. The van der Waals surface area contributed by atoms with Crippen molar-refractivity contribution >= 4 is 17.2 Å². The van der Waals surface area contributed by atoms with Crippen molar-refractivity contribution in [2.45, 2.75) is 32.7 Å². The zero-order valence-corrected chi connectivity index (χ0v) is 12.3. The van der Waals surface area contributed by atoms with Crippen LogP contribution < -0.4 is 5.32 Å². The van der Waals surface area contributed by atoms with Gasteiger partial charge in [-0.2, -0.15) is 0 Å². The number of thiophene rings is 1. The lowest BCUT2D eigenvalue weighted by Gasteiger charge is -2.17. The summed E-state index contributed by atoms with van der Waals surface area (Å²) in [4.78, 5) is 17.4. The number of hydrogen-bond donors (Lipinski definition) is 1. The van der Waals surface area contributed by atoms with Crippen molar-refractivity contribution in [3.63, 3.8) is 0 Å². The standard InChI is InChI=1S/C14H19N3OS/c1-4-5-11(13-15-7-8-17(13)3)16-14(18)12-10(2)6-9-19-12/h6-9,11H,4-5H2,1-3H3,(H,16,18)/t11-/m0/s1. The third-order valence-corrected chi connectivity index (χ3v) is 4.14. The fourth-order valence-corrected chi connectivity index (χ4v) is 2.92. The summed E-state index contributed by atoms with van der Waals surface area (Å²) in [7, 11) is 1.95. The molecule has 0 spiro atoms. The van der Waals surface area contributed by atoms with E-state index in [1.54, 1.807) is 6.20 Å². The number of imidazole rings is 1. The van der Waals surface area contributed by atoms with Gasteiger partial charge in [0.15, 0.2) is 0 Å². The predicted molar refractivity (Wildman–Crippen MR) is 77.4 cm³/mol. The van der Waals surface area contributed by atoms with Crippen LogP contribution in [0.5, 0.6) is 0 Å². The van der Waals surface area contributed by atoms with E-state index in [1.807, 2.05) is 36.2 Å². The van der Waals surface area contributed by atoms with Crippen LogP contribution in [0.1, 0.15) is 46.9 Å². The molecule has 2 aromatic rings. The normalized spacial score (nSPS) is 12.4. The molecular weight excluding hydrogens is 258 g/mol. The van der Waals surface area contributed by atoms with Gasteiger partial charge in [0.2, 0.25) is 0 Å². The number of aromatic nitrogens is 2. The van der Waals surface area contributed by atoms with E-state index >= 15 is 0 Å². The van der Waals surface area contributed by atoms with Crippen molar-refractivity contribution in [3.8, 4) is 0 Å². The van der Waals surface area contributed by atoms with Gasteiger partial charge in [0.25, 0.3) is 5.91 Å².